The average Bonchev–Trinajstić information content (AvgIpc) is 2.41. The third-order valence-electron chi connectivity index (χ3n) is 3.27. The standard InChI is InChI=1S/C15H24N2O2/c1-3-18-14-6-4-5-7-15(14)19-11-10-17-9-8-16-13(2)12-17/h4-7,13,16H,3,8-12H2,1-2H3. The molecule has 4 heteroatoms. The zero-order chi connectivity index (χ0) is 13.5. The van der Waals surface area contributed by atoms with E-state index in [1.165, 1.54) is 0 Å². The molecule has 1 unspecified atom stereocenters. The van der Waals surface area contributed by atoms with Gasteiger partial charge in [-0.25, -0.2) is 0 Å². The molecule has 0 bridgehead atoms. The van der Waals surface area contributed by atoms with Gasteiger partial charge >= 0.3 is 0 Å². The number of nitrogens with one attached hydrogen (secondary N) is 1. The van der Waals surface area contributed by atoms with E-state index in [1.807, 2.05) is 31.2 Å². The molecule has 0 spiro atoms. The van der Waals surface area contributed by atoms with Crippen molar-refractivity contribution in [1.82, 2.24) is 10.2 Å². The average molecular weight is 264 g/mol. The summed E-state index contributed by atoms with van der Waals surface area (Å²) in [6.07, 6.45) is 0. The van der Waals surface area contributed by atoms with Crippen LogP contribution in [-0.4, -0.2) is 50.3 Å². The first-order valence-corrected chi connectivity index (χ1v) is 7.10. The van der Waals surface area contributed by atoms with Crippen molar-refractivity contribution in [2.24, 2.45) is 0 Å². The van der Waals surface area contributed by atoms with Crippen molar-refractivity contribution in [3.05, 3.63) is 24.3 Å². The Morgan fingerprint density at radius 2 is 2.00 bits per heavy atom. The van der Waals surface area contributed by atoms with Gasteiger partial charge in [0.2, 0.25) is 0 Å². The molecule has 0 radical (unpaired) electrons. The highest BCUT2D eigenvalue weighted by Crippen LogP contribution is 2.26. The number of nitrogens with zero attached hydrogens (tertiary/aromatic N) is 1. The van der Waals surface area contributed by atoms with Gasteiger partial charge in [-0.3, -0.25) is 4.90 Å². The number of rotatable bonds is 6. The maximum atomic E-state index is 5.84. The van der Waals surface area contributed by atoms with E-state index in [1.54, 1.807) is 0 Å². The molecule has 1 heterocycles. The molecule has 1 aromatic carbocycles. The van der Waals surface area contributed by atoms with Crippen LogP contribution in [0.5, 0.6) is 11.5 Å². The van der Waals surface area contributed by atoms with Crippen LogP contribution in [0.15, 0.2) is 24.3 Å². The lowest BCUT2D eigenvalue weighted by molar-refractivity contribution is 0.167. The van der Waals surface area contributed by atoms with E-state index in [-0.39, 0.29) is 0 Å². The fourth-order valence-electron chi connectivity index (χ4n) is 2.34. The van der Waals surface area contributed by atoms with Crippen LogP contribution in [0.25, 0.3) is 0 Å². The molecule has 0 amide bonds. The molecular formula is C15H24N2O2. The normalized spacial score (nSPS) is 20.2. The van der Waals surface area contributed by atoms with E-state index in [0.717, 1.165) is 37.7 Å². The highest BCUT2D eigenvalue weighted by Gasteiger charge is 2.15. The smallest absolute Gasteiger partial charge is 0.161 e. The number of hydrogen-bond acceptors (Lipinski definition) is 4. The van der Waals surface area contributed by atoms with Crippen LogP contribution >= 0.6 is 0 Å². The molecule has 1 saturated heterocycles. The van der Waals surface area contributed by atoms with Crippen LogP contribution < -0.4 is 14.8 Å². The van der Waals surface area contributed by atoms with E-state index in [9.17, 15) is 0 Å². The van der Waals surface area contributed by atoms with Crippen LogP contribution in [0.3, 0.4) is 0 Å². The summed E-state index contributed by atoms with van der Waals surface area (Å²) in [7, 11) is 0. The topological polar surface area (TPSA) is 33.7 Å². The molecule has 106 valence electrons. The van der Waals surface area contributed by atoms with Crippen LogP contribution in [-0.2, 0) is 0 Å². The minimum absolute atomic E-state index is 0.574. The van der Waals surface area contributed by atoms with Crippen LogP contribution in [0.1, 0.15) is 13.8 Å². The molecule has 1 aromatic rings. The van der Waals surface area contributed by atoms with E-state index in [4.69, 9.17) is 9.47 Å². The Morgan fingerprint density at radius 3 is 2.68 bits per heavy atom. The van der Waals surface area contributed by atoms with Crippen molar-refractivity contribution >= 4 is 0 Å². The fourth-order valence-corrected chi connectivity index (χ4v) is 2.34. The predicted octanol–water partition coefficient (Wildman–Crippen LogP) is 1.76. The summed E-state index contributed by atoms with van der Waals surface area (Å²) in [5.74, 6) is 1.67. The molecule has 0 saturated carbocycles. The molecule has 1 aliphatic heterocycles. The quantitative estimate of drug-likeness (QED) is 0.849. The molecule has 0 aliphatic carbocycles. The van der Waals surface area contributed by atoms with Crippen molar-refractivity contribution in [1.29, 1.82) is 0 Å². The molecule has 0 aromatic heterocycles. The number of para-hydroxylation sites is 2. The van der Waals surface area contributed by atoms with E-state index in [0.29, 0.717) is 19.3 Å². The highest BCUT2D eigenvalue weighted by molar-refractivity contribution is 5.39. The maximum absolute atomic E-state index is 5.84. The number of hydrogen-bond donors (Lipinski definition) is 1. The van der Waals surface area contributed by atoms with Gasteiger partial charge in [0.25, 0.3) is 0 Å². The second-order valence-electron chi connectivity index (χ2n) is 4.88. The number of piperazine rings is 1. The second-order valence-corrected chi connectivity index (χ2v) is 4.88. The Hall–Kier alpha value is -1.26. The summed E-state index contributed by atoms with van der Waals surface area (Å²) in [6, 6.07) is 8.43. The minimum Gasteiger partial charge on any atom is -0.490 e. The maximum Gasteiger partial charge on any atom is 0.161 e. The molecule has 1 N–H and O–H groups in total. The number of ether oxygens (including phenoxy) is 2. The zero-order valence-corrected chi connectivity index (χ0v) is 11.9. The van der Waals surface area contributed by atoms with Gasteiger partial charge in [0, 0.05) is 32.2 Å². The molecule has 2 rings (SSSR count). The first-order valence-electron chi connectivity index (χ1n) is 7.10. The van der Waals surface area contributed by atoms with Gasteiger partial charge in [-0.15, -0.1) is 0 Å². The van der Waals surface area contributed by atoms with E-state index < -0.39 is 0 Å². The predicted molar refractivity (Wildman–Crippen MR) is 77.0 cm³/mol. The molecule has 1 aliphatic rings. The Balaban J connectivity index is 1.78. The Morgan fingerprint density at radius 1 is 1.26 bits per heavy atom. The summed E-state index contributed by atoms with van der Waals surface area (Å²) in [5, 5.41) is 3.44. The summed E-state index contributed by atoms with van der Waals surface area (Å²) in [4.78, 5) is 2.43. The molecular weight excluding hydrogens is 240 g/mol. The van der Waals surface area contributed by atoms with Crippen molar-refractivity contribution in [2.45, 2.75) is 19.9 Å². The van der Waals surface area contributed by atoms with Gasteiger partial charge in [0.05, 0.1) is 6.61 Å². The molecule has 1 atom stereocenters. The van der Waals surface area contributed by atoms with Crippen molar-refractivity contribution in [3.63, 3.8) is 0 Å². The van der Waals surface area contributed by atoms with Gasteiger partial charge in [0.1, 0.15) is 6.61 Å². The Bertz CT molecular complexity index is 384. The van der Waals surface area contributed by atoms with Crippen molar-refractivity contribution < 1.29 is 9.47 Å². The third kappa shape index (κ3) is 4.40. The van der Waals surface area contributed by atoms with E-state index >= 15 is 0 Å². The lowest BCUT2D eigenvalue weighted by atomic mass is 10.2. The monoisotopic (exact) mass is 264 g/mol. The van der Waals surface area contributed by atoms with E-state index in [2.05, 4.69) is 17.1 Å². The highest BCUT2D eigenvalue weighted by atomic mass is 16.5. The van der Waals surface area contributed by atoms with Gasteiger partial charge in [-0.2, -0.15) is 0 Å². The van der Waals surface area contributed by atoms with Gasteiger partial charge in [-0.05, 0) is 26.0 Å². The Kier molecular flexibility index (Phi) is 5.48. The van der Waals surface area contributed by atoms with Gasteiger partial charge in [0.15, 0.2) is 11.5 Å². The SMILES string of the molecule is CCOc1ccccc1OCCN1CCNC(C)C1. The summed E-state index contributed by atoms with van der Waals surface area (Å²) in [6.45, 7) is 9.79. The largest absolute Gasteiger partial charge is 0.490 e. The van der Waals surface area contributed by atoms with Crippen LogP contribution in [0.4, 0.5) is 0 Å². The second kappa shape index (κ2) is 7.36. The summed E-state index contributed by atoms with van der Waals surface area (Å²) < 4.78 is 11.4. The summed E-state index contributed by atoms with van der Waals surface area (Å²) >= 11 is 0. The minimum atomic E-state index is 0.574. The zero-order valence-electron chi connectivity index (χ0n) is 11.9. The lowest BCUT2D eigenvalue weighted by Gasteiger charge is -2.31. The molecule has 1 fully saturated rings. The first-order chi connectivity index (χ1) is 9.29. The molecule has 4 nitrogen and oxygen atoms in total. The number of benzene rings is 1. The van der Waals surface area contributed by atoms with Crippen LogP contribution in [0, 0.1) is 0 Å². The van der Waals surface area contributed by atoms with Gasteiger partial charge in [-0.1, -0.05) is 12.1 Å². The van der Waals surface area contributed by atoms with Crippen molar-refractivity contribution in [2.75, 3.05) is 39.4 Å². The molecule has 19 heavy (non-hydrogen) atoms. The first kappa shape index (κ1) is 14.2. The summed E-state index contributed by atoms with van der Waals surface area (Å²) in [5.41, 5.74) is 0. The third-order valence-corrected chi connectivity index (χ3v) is 3.27. The fraction of sp³-hybridized carbons (Fsp3) is 0.600. The Labute approximate surface area is 115 Å². The van der Waals surface area contributed by atoms with Crippen LogP contribution in [0.2, 0.25) is 0 Å². The van der Waals surface area contributed by atoms with Crippen molar-refractivity contribution in [3.8, 4) is 11.5 Å². The van der Waals surface area contributed by atoms with Gasteiger partial charge < -0.3 is 14.8 Å². The lowest BCUT2D eigenvalue weighted by Crippen LogP contribution is -2.50.